The van der Waals surface area contributed by atoms with Gasteiger partial charge < -0.3 is 15.4 Å². The molecule has 0 amide bonds. The van der Waals surface area contributed by atoms with Gasteiger partial charge in [-0.25, -0.2) is 4.68 Å². The molecule has 156 valence electrons. The maximum absolute atomic E-state index is 5.60. The molecule has 0 saturated carbocycles. The highest BCUT2D eigenvalue weighted by Crippen LogP contribution is 2.17. The molecule has 2 N–H and O–H groups in total. The van der Waals surface area contributed by atoms with E-state index in [0.29, 0.717) is 12.5 Å². The van der Waals surface area contributed by atoms with Crippen molar-refractivity contribution < 1.29 is 4.74 Å². The fraction of sp³-hybridized carbons (Fsp3) is 0.524. The fourth-order valence-electron chi connectivity index (χ4n) is 2.84. The monoisotopic (exact) mass is 499 g/mol. The van der Waals surface area contributed by atoms with E-state index in [4.69, 9.17) is 9.84 Å². The minimum Gasteiger partial charge on any atom is -0.381 e. The molecule has 0 saturated heterocycles. The van der Waals surface area contributed by atoms with Gasteiger partial charge in [0.25, 0.3) is 0 Å². The predicted octanol–water partition coefficient (Wildman–Crippen LogP) is 3.83. The van der Waals surface area contributed by atoms with Crippen molar-refractivity contribution in [1.29, 1.82) is 0 Å². The Labute approximate surface area is 186 Å². The van der Waals surface area contributed by atoms with Crippen molar-refractivity contribution in [1.82, 2.24) is 20.4 Å². The number of nitrogens with one attached hydrogen (secondary N) is 2. The highest BCUT2D eigenvalue weighted by atomic mass is 127. The molecule has 1 aromatic heterocycles. The summed E-state index contributed by atoms with van der Waals surface area (Å²) in [6.07, 6.45) is 0.956. The van der Waals surface area contributed by atoms with E-state index in [1.54, 1.807) is 7.05 Å². The number of hydrogen-bond donors (Lipinski definition) is 2. The maximum Gasteiger partial charge on any atom is 0.191 e. The van der Waals surface area contributed by atoms with Crippen LogP contribution in [0.3, 0.4) is 0 Å². The average Bonchev–Trinajstić information content (AvgIpc) is 2.95. The van der Waals surface area contributed by atoms with Gasteiger partial charge in [0.2, 0.25) is 0 Å². The second-order valence-electron chi connectivity index (χ2n) is 7.07. The summed E-state index contributed by atoms with van der Waals surface area (Å²) in [5.74, 6) is 1.38. The lowest BCUT2D eigenvalue weighted by Gasteiger charge is -2.13. The van der Waals surface area contributed by atoms with Crippen LogP contribution in [0.5, 0.6) is 0 Å². The zero-order valence-corrected chi connectivity index (χ0v) is 20.0. The lowest BCUT2D eigenvalue weighted by molar-refractivity contribution is 0.108. The zero-order valence-electron chi connectivity index (χ0n) is 17.7. The number of benzene rings is 1. The largest absolute Gasteiger partial charge is 0.381 e. The first kappa shape index (κ1) is 24.4. The molecule has 1 heterocycles. The van der Waals surface area contributed by atoms with E-state index < -0.39 is 0 Å². The molecule has 0 bridgehead atoms. The van der Waals surface area contributed by atoms with Gasteiger partial charge in [-0.1, -0.05) is 32.0 Å². The highest BCUT2D eigenvalue weighted by Gasteiger charge is 2.13. The SMILES string of the molecule is CN=C(NCCCOCC(C)C)NCc1c(C)nn(-c2ccccc2)c1C.I. The molecule has 0 aliphatic heterocycles. The molecular formula is C21H34IN5O. The number of aromatic nitrogens is 2. The summed E-state index contributed by atoms with van der Waals surface area (Å²) >= 11 is 0. The summed E-state index contributed by atoms with van der Waals surface area (Å²) in [7, 11) is 1.79. The third kappa shape index (κ3) is 7.43. The van der Waals surface area contributed by atoms with Gasteiger partial charge >= 0.3 is 0 Å². The van der Waals surface area contributed by atoms with E-state index in [1.165, 1.54) is 5.56 Å². The Morgan fingerprint density at radius 3 is 2.54 bits per heavy atom. The lowest BCUT2D eigenvalue weighted by Crippen LogP contribution is -2.37. The van der Waals surface area contributed by atoms with Crippen molar-refractivity contribution >= 4 is 29.9 Å². The molecule has 0 aliphatic carbocycles. The first-order valence-electron chi connectivity index (χ1n) is 9.65. The van der Waals surface area contributed by atoms with Crippen molar-refractivity contribution in [3.05, 3.63) is 47.3 Å². The molecule has 28 heavy (non-hydrogen) atoms. The van der Waals surface area contributed by atoms with Crippen LogP contribution in [0.4, 0.5) is 0 Å². The number of rotatable bonds is 9. The number of hydrogen-bond acceptors (Lipinski definition) is 3. The van der Waals surface area contributed by atoms with Crippen LogP contribution in [0.25, 0.3) is 5.69 Å². The van der Waals surface area contributed by atoms with Gasteiger partial charge in [-0.2, -0.15) is 5.10 Å². The molecule has 1 aromatic carbocycles. The highest BCUT2D eigenvalue weighted by molar-refractivity contribution is 14.0. The van der Waals surface area contributed by atoms with E-state index in [9.17, 15) is 0 Å². The summed E-state index contributed by atoms with van der Waals surface area (Å²) in [6, 6.07) is 10.2. The topological polar surface area (TPSA) is 63.5 Å². The second-order valence-corrected chi connectivity index (χ2v) is 7.07. The third-order valence-corrected chi connectivity index (χ3v) is 4.31. The molecule has 0 aliphatic rings. The first-order valence-corrected chi connectivity index (χ1v) is 9.65. The van der Waals surface area contributed by atoms with Crippen LogP contribution in [-0.4, -0.2) is 42.5 Å². The predicted molar refractivity (Wildman–Crippen MR) is 127 cm³/mol. The normalized spacial score (nSPS) is 11.4. The van der Waals surface area contributed by atoms with Crippen LogP contribution >= 0.6 is 24.0 Å². The van der Waals surface area contributed by atoms with Crippen LogP contribution < -0.4 is 10.6 Å². The van der Waals surface area contributed by atoms with Crippen molar-refractivity contribution in [2.45, 2.75) is 40.7 Å². The fourth-order valence-corrected chi connectivity index (χ4v) is 2.84. The van der Waals surface area contributed by atoms with Gasteiger partial charge in [0.05, 0.1) is 11.4 Å². The van der Waals surface area contributed by atoms with Crippen LogP contribution in [0.1, 0.15) is 37.2 Å². The summed E-state index contributed by atoms with van der Waals surface area (Å²) in [4.78, 5) is 4.30. The van der Waals surface area contributed by atoms with E-state index >= 15 is 0 Å². The van der Waals surface area contributed by atoms with Crippen LogP contribution in [0.15, 0.2) is 35.3 Å². The Balaban J connectivity index is 0.00000392. The van der Waals surface area contributed by atoms with Gasteiger partial charge in [0, 0.05) is 44.6 Å². The molecule has 0 fully saturated rings. The second kappa shape index (κ2) is 12.8. The van der Waals surface area contributed by atoms with E-state index in [0.717, 1.165) is 49.2 Å². The minimum absolute atomic E-state index is 0. The van der Waals surface area contributed by atoms with Gasteiger partial charge in [0.15, 0.2) is 5.96 Å². The van der Waals surface area contributed by atoms with Gasteiger partial charge in [-0.15, -0.1) is 24.0 Å². The zero-order chi connectivity index (χ0) is 19.6. The number of para-hydroxylation sites is 1. The van der Waals surface area contributed by atoms with E-state index in [1.807, 2.05) is 29.8 Å². The molecule has 2 aromatic rings. The number of aliphatic imine (C=N–C) groups is 1. The van der Waals surface area contributed by atoms with E-state index in [2.05, 4.69) is 48.5 Å². The number of nitrogens with zero attached hydrogens (tertiary/aromatic N) is 3. The van der Waals surface area contributed by atoms with E-state index in [-0.39, 0.29) is 24.0 Å². The molecule has 6 nitrogen and oxygen atoms in total. The molecule has 2 rings (SSSR count). The van der Waals surface area contributed by atoms with Gasteiger partial charge in [0.1, 0.15) is 0 Å². The number of halogens is 1. The Kier molecular flexibility index (Phi) is 11.1. The molecule has 0 spiro atoms. The van der Waals surface area contributed by atoms with Gasteiger partial charge in [-0.3, -0.25) is 4.99 Å². The van der Waals surface area contributed by atoms with Crippen LogP contribution in [0, 0.1) is 19.8 Å². The van der Waals surface area contributed by atoms with Crippen molar-refractivity contribution in [3.63, 3.8) is 0 Å². The molecule has 0 atom stereocenters. The van der Waals surface area contributed by atoms with Gasteiger partial charge in [-0.05, 0) is 38.3 Å². The Bertz CT molecular complexity index is 728. The average molecular weight is 499 g/mol. The summed E-state index contributed by atoms with van der Waals surface area (Å²) in [5.41, 5.74) is 4.44. The summed E-state index contributed by atoms with van der Waals surface area (Å²) in [6.45, 7) is 11.6. The Morgan fingerprint density at radius 1 is 1.18 bits per heavy atom. The molecular weight excluding hydrogens is 465 g/mol. The molecule has 0 unspecified atom stereocenters. The summed E-state index contributed by atoms with van der Waals surface area (Å²) in [5, 5.41) is 11.4. The van der Waals surface area contributed by atoms with Crippen LogP contribution in [-0.2, 0) is 11.3 Å². The number of aryl methyl sites for hydroxylation is 1. The lowest BCUT2D eigenvalue weighted by atomic mass is 10.2. The van der Waals surface area contributed by atoms with Crippen LogP contribution in [0.2, 0.25) is 0 Å². The number of ether oxygens (including phenoxy) is 1. The Morgan fingerprint density at radius 2 is 1.89 bits per heavy atom. The number of guanidine groups is 1. The minimum atomic E-state index is 0. The standard InChI is InChI=1S/C21H33N5O.HI/c1-16(2)15-27-13-9-12-23-21(22-5)24-14-20-17(3)25-26(18(20)4)19-10-7-6-8-11-19;/h6-8,10-11,16H,9,12-15H2,1-5H3,(H2,22,23,24);1H. The summed E-state index contributed by atoms with van der Waals surface area (Å²) < 4.78 is 7.60. The van der Waals surface area contributed by atoms with Crippen molar-refractivity contribution in [2.24, 2.45) is 10.9 Å². The smallest absolute Gasteiger partial charge is 0.191 e. The van der Waals surface area contributed by atoms with Crippen molar-refractivity contribution in [2.75, 3.05) is 26.8 Å². The first-order chi connectivity index (χ1) is 13.0. The molecule has 0 radical (unpaired) electrons. The quantitative estimate of drug-likeness (QED) is 0.238. The third-order valence-electron chi connectivity index (χ3n) is 4.31. The molecule has 7 heteroatoms. The Hall–Kier alpha value is -1.61. The maximum atomic E-state index is 5.60. The van der Waals surface area contributed by atoms with Crippen molar-refractivity contribution in [3.8, 4) is 5.69 Å².